The number of amides is 4. The largest absolute Gasteiger partial charge is 0.343 e. The minimum Gasteiger partial charge on any atom is -0.343 e. The van der Waals surface area contributed by atoms with Gasteiger partial charge in [0.2, 0.25) is 11.8 Å². The van der Waals surface area contributed by atoms with Gasteiger partial charge < -0.3 is 10.2 Å². The summed E-state index contributed by atoms with van der Waals surface area (Å²) in [5, 5.41) is 5.50. The molecule has 1 saturated heterocycles. The second-order valence-corrected chi connectivity index (χ2v) is 9.58. The first-order valence-electron chi connectivity index (χ1n) is 10.7. The van der Waals surface area contributed by atoms with Crippen LogP contribution >= 0.6 is 15.9 Å². The van der Waals surface area contributed by atoms with Gasteiger partial charge in [-0.15, -0.1) is 0 Å². The van der Waals surface area contributed by atoms with Crippen LogP contribution in [0.3, 0.4) is 0 Å². The van der Waals surface area contributed by atoms with Gasteiger partial charge in [0.25, 0.3) is 11.8 Å². The molecule has 2 heterocycles. The summed E-state index contributed by atoms with van der Waals surface area (Å²) in [6.07, 6.45) is 3.30. The second kappa shape index (κ2) is 7.85. The number of hydrogen-bond donors (Lipinski definition) is 2. The van der Waals surface area contributed by atoms with Crippen molar-refractivity contribution in [3.8, 4) is 0 Å². The van der Waals surface area contributed by atoms with E-state index in [0.29, 0.717) is 24.1 Å². The Morgan fingerprint density at radius 2 is 1.84 bits per heavy atom. The van der Waals surface area contributed by atoms with E-state index in [0.717, 1.165) is 34.9 Å². The van der Waals surface area contributed by atoms with E-state index in [4.69, 9.17) is 0 Å². The number of nitrogens with one attached hydrogen (secondary N) is 2. The standard InChI is InChI=1S/C24H22BrN3O4/c25-17-6-4-16(5-7-17)24(10-1-11-24)27-21(30)14-2-3-15-13-28(23(32)18(15)12-14)19-8-9-20(29)26-22(19)31/h2-7,12,19H,1,8-11,13H2,(H,27,30)(H,26,29,31). The number of rotatable bonds is 4. The topological polar surface area (TPSA) is 95.6 Å². The first-order valence-corrected chi connectivity index (χ1v) is 11.5. The average molecular weight is 496 g/mol. The van der Waals surface area contributed by atoms with Crippen molar-refractivity contribution in [1.29, 1.82) is 0 Å². The lowest BCUT2D eigenvalue weighted by Crippen LogP contribution is -2.52. The highest BCUT2D eigenvalue weighted by molar-refractivity contribution is 9.10. The molecule has 1 unspecified atom stereocenters. The Bertz CT molecular complexity index is 1140. The average Bonchev–Trinajstić information content (AvgIpc) is 3.07. The third-order valence-electron chi connectivity index (χ3n) is 6.75. The van der Waals surface area contributed by atoms with Crippen LogP contribution in [0.4, 0.5) is 0 Å². The first kappa shape index (κ1) is 20.9. The molecule has 0 spiro atoms. The summed E-state index contributed by atoms with van der Waals surface area (Å²) in [4.78, 5) is 51.3. The summed E-state index contributed by atoms with van der Waals surface area (Å²) in [6.45, 7) is 0.297. The van der Waals surface area contributed by atoms with E-state index in [-0.39, 0.29) is 29.7 Å². The van der Waals surface area contributed by atoms with Crippen molar-refractivity contribution in [2.45, 2.75) is 50.2 Å². The fourth-order valence-corrected chi connectivity index (χ4v) is 5.03. The monoisotopic (exact) mass is 495 g/mol. The summed E-state index contributed by atoms with van der Waals surface area (Å²) >= 11 is 3.45. The van der Waals surface area contributed by atoms with Gasteiger partial charge in [-0.05, 0) is 61.1 Å². The van der Waals surface area contributed by atoms with Crippen molar-refractivity contribution in [2.75, 3.05) is 0 Å². The number of carbonyl (C=O) groups excluding carboxylic acids is 4. The molecule has 2 fully saturated rings. The predicted octanol–water partition coefficient (Wildman–Crippen LogP) is 3.02. The van der Waals surface area contributed by atoms with E-state index in [1.165, 1.54) is 4.90 Å². The lowest BCUT2D eigenvalue weighted by Gasteiger charge is -2.43. The zero-order valence-electron chi connectivity index (χ0n) is 17.3. The number of halogens is 1. The van der Waals surface area contributed by atoms with Crippen LogP contribution in [0.1, 0.15) is 63.9 Å². The summed E-state index contributed by atoms with van der Waals surface area (Å²) in [6, 6.07) is 12.4. The maximum absolute atomic E-state index is 13.1. The summed E-state index contributed by atoms with van der Waals surface area (Å²) in [5.74, 6) is -1.26. The quantitative estimate of drug-likeness (QED) is 0.637. The van der Waals surface area contributed by atoms with Crippen LogP contribution in [-0.2, 0) is 21.7 Å². The fraction of sp³-hybridized carbons (Fsp3) is 0.333. The van der Waals surface area contributed by atoms with E-state index in [1.807, 2.05) is 24.3 Å². The van der Waals surface area contributed by atoms with Gasteiger partial charge in [0.1, 0.15) is 6.04 Å². The number of nitrogens with zero attached hydrogens (tertiary/aromatic N) is 1. The molecule has 1 atom stereocenters. The lowest BCUT2D eigenvalue weighted by molar-refractivity contribution is -0.136. The van der Waals surface area contributed by atoms with Crippen LogP contribution in [0, 0.1) is 0 Å². The molecule has 2 aliphatic heterocycles. The van der Waals surface area contributed by atoms with Gasteiger partial charge in [0, 0.05) is 28.6 Å². The minimum atomic E-state index is -0.666. The summed E-state index contributed by atoms with van der Waals surface area (Å²) < 4.78 is 0.986. The molecule has 5 rings (SSSR count). The van der Waals surface area contributed by atoms with Crippen molar-refractivity contribution >= 4 is 39.6 Å². The molecule has 8 heteroatoms. The zero-order chi connectivity index (χ0) is 22.5. The van der Waals surface area contributed by atoms with Gasteiger partial charge in [-0.3, -0.25) is 24.5 Å². The van der Waals surface area contributed by atoms with Gasteiger partial charge >= 0.3 is 0 Å². The smallest absolute Gasteiger partial charge is 0.255 e. The van der Waals surface area contributed by atoms with E-state index in [1.54, 1.807) is 18.2 Å². The first-order chi connectivity index (χ1) is 15.4. The molecule has 32 heavy (non-hydrogen) atoms. The Kier molecular flexibility index (Phi) is 5.12. The fourth-order valence-electron chi connectivity index (χ4n) is 4.77. The molecule has 164 valence electrons. The number of fused-ring (bicyclic) bond motifs is 1. The highest BCUT2D eigenvalue weighted by Crippen LogP contribution is 2.42. The van der Waals surface area contributed by atoms with E-state index >= 15 is 0 Å². The molecule has 0 bridgehead atoms. The van der Waals surface area contributed by atoms with E-state index in [2.05, 4.69) is 26.6 Å². The molecule has 1 aliphatic carbocycles. The number of benzene rings is 2. The van der Waals surface area contributed by atoms with Crippen molar-refractivity contribution in [3.05, 3.63) is 69.2 Å². The van der Waals surface area contributed by atoms with Gasteiger partial charge in [-0.25, -0.2) is 0 Å². The molecular weight excluding hydrogens is 474 g/mol. The van der Waals surface area contributed by atoms with Gasteiger partial charge in [-0.2, -0.15) is 0 Å². The maximum atomic E-state index is 13.1. The Labute approximate surface area is 193 Å². The SMILES string of the molecule is O=C1CCC(N2Cc3ccc(C(=O)NC4(c5ccc(Br)cc5)CCC4)cc3C2=O)C(=O)N1. The van der Waals surface area contributed by atoms with Crippen LogP contribution in [-0.4, -0.2) is 34.6 Å². The molecule has 0 radical (unpaired) electrons. The second-order valence-electron chi connectivity index (χ2n) is 8.67. The van der Waals surface area contributed by atoms with Crippen LogP contribution in [0.15, 0.2) is 46.9 Å². The van der Waals surface area contributed by atoms with Crippen molar-refractivity contribution in [1.82, 2.24) is 15.5 Å². The van der Waals surface area contributed by atoms with Gasteiger partial charge in [0.15, 0.2) is 0 Å². The predicted molar refractivity (Wildman–Crippen MR) is 120 cm³/mol. The summed E-state index contributed by atoms with van der Waals surface area (Å²) in [5.41, 5.74) is 2.32. The molecule has 7 nitrogen and oxygen atoms in total. The number of hydrogen-bond acceptors (Lipinski definition) is 4. The van der Waals surface area contributed by atoms with Crippen LogP contribution in [0.5, 0.6) is 0 Å². The molecule has 2 aromatic carbocycles. The Hall–Kier alpha value is -3.00. The Morgan fingerprint density at radius 1 is 1.09 bits per heavy atom. The van der Waals surface area contributed by atoms with Gasteiger partial charge in [-0.1, -0.05) is 34.1 Å². The molecule has 4 amide bonds. The normalized spacial score (nSPS) is 21.6. The van der Waals surface area contributed by atoms with Crippen molar-refractivity contribution < 1.29 is 19.2 Å². The zero-order valence-corrected chi connectivity index (χ0v) is 18.9. The highest BCUT2D eigenvalue weighted by Gasteiger charge is 2.41. The highest BCUT2D eigenvalue weighted by atomic mass is 79.9. The third-order valence-corrected chi connectivity index (χ3v) is 7.28. The number of piperidine rings is 1. The lowest BCUT2D eigenvalue weighted by atomic mass is 9.71. The molecule has 0 aromatic heterocycles. The van der Waals surface area contributed by atoms with E-state index in [9.17, 15) is 19.2 Å². The van der Waals surface area contributed by atoms with Crippen molar-refractivity contribution in [3.63, 3.8) is 0 Å². The molecule has 2 N–H and O–H groups in total. The van der Waals surface area contributed by atoms with Crippen LogP contribution in [0.2, 0.25) is 0 Å². The van der Waals surface area contributed by atoms with Crippen LogP contribution in [0.25, 0.3) is 0 Å². The minimum absolute atomic E-state index is 0.211. The third kappa shape index (κ3) is 3.52. The Balaban J connectivity index is 1.35. The molecule has 2 aromatic rings. The number of carbonyl (C=O) groups is 4. The van der Waals surface area contributed by atoms with Crippen LogP contribution < -0.4 is 10.6 Å². The molecule has 1 saturated carbocycles. The molecule has 3 aliphatic rings. The van der Waals surface area contributed by atoms with Gasteiger partial charge in [0.05, 0.1) is 5.54 Å². The number of imide groups is 1. The van der Waals surface area contributed by atoms with E-state index < -0.39 is 11.9 Å². The Morgan fingerprint density at radius 3 is 2.50 bits per heavy atom. The molecular formula is C24H22BrN3O4. The maximum Gasteiger partial charge on any atom is 0.255 e. The van der Waals surface area contributed by atoms with Crippen molar-refractivity contribution in [2.24, 2.45) is 0 Å². The summed E-state index contributed by atoms with van der Waals surface area (Å²) in [7, 11) is 0.